The number of para-hydroxylation sites is 1. The monoisotopic (exact) mass is 466 g/mol. The number of rotatable bonds is 7. The molecule has 1 aliphatic heterocycles. The molecule has 3 aromatic heterocycles. The van der Waals surface area contributed by atoms with Gasteiger partial charge in [0.2, 0.25) is 5.95 Å². The second kappa shape index (κ2) is 9.19. The maximum absolute atomic E-state index is 11.5. The first-order valence-electron chi connectivity index (χ1n) is 11.9. The van der Waals surface area contributed by atoms with E-state index in [9.17, 15) is 4.79 Å². The molecule has 0 atom stereocenters. The highest BCUT2D eigenvalue weighted by Gasteiger charge is 2.11. The van der Waals surface area contributed by atoms with Gasteiger partial charge in [-0.15, -0.1) is 0 Å². The quantitative estimate of drug-likeness (QED) is 0.285. The third kappa shape index (κ3) is 4.58. The predicted octanol–water partition coefficient (Wildman–Crippen LogP) is 4.11. The van der Waals surface area contributed by atoms with Crippen LogP contribution in [-0.4, -0.2) is 56.0 Å². The molecule has 0 radical (unpaired) electrons. The summed E-state index contributed by atoms with van der Waals surface area (Å²) < 4.78 is 0. The Bertz CT molecular complexity index is 1530. The summed E-state index contributed by atoms with van der Waals surface area (Å²) in [4.78, 5) is 33.4. The lowest BCUT2D eigenvalue weighted by molar-refractivity contribution is 0.352. The predicted molar refractivity (Wildman–Crippen MR) is 139 cm³/mol. The minimum absolute atomic E-state index is 0.231. The number of anilines is 3. The second-order valence-electron chi connectivity index (χ2n) is 8.81. The number of fused-ring (bicyclic) bond motifs is 2. The number of aromatic nitrogens is 5. The summed E-state index contributed by atoms with van der Waals surface area (Å²) in [7, 11) is 0. The van der Waals surface area contributed by atoms with Gasteiger partial charge in [0.25, 0.3) is 0 Å². The van der Waals surface area contributed by atoms with Gasteiger partial charge < -0.3 is 25.5 Å². The van der Waals surface area contributed by atoms with Crippen molar-refractivity contribution in [2.75, 3.05) is 36.8 Å². The van der Waals surface area contributed by atoms with Gasteiger partial charge >= 0.3 is 5.69 Å². The van der Waals surface area contributed by atoms with Crippen molar-refractivity contribution in [1.29, 1.82) is 0 Å². The third-order valence-electron chi connectivity index (χ3n) is 6.39. The molecule has 9 heteroatoms. The Hall–Kier alpha value is -4.24. The maximum atomic E-state index is 11.5. The molecule has 0 unspecified atom stereocenters. The van der Waals surface area contributed by atoms with Crippen LogP contribution in [-0.2, 0) is 0 Å². The Balaban J connectivity index is 1.22. The molecule has 9 nitrogen and oxygen atoms in total. The number of pyridine rings is 1. The van der Waals surface area contributed by atoms with E-state index in [2.05, 4.69) is 41.5 Å². The van der Waals surface area contributed by atoms with E-state index in [0.717, 1.165) is 57.7 Å². The lowest BCUT2D eigenvalue weighted by Crippen LogP contribution is -2.26. The topological polar surface area (TPSA) is 115 Å². The zero-order chi connectivity index (χ0) is 23.6. The smallest absolute Gasteiger partial charge is 0.323 e. The average molecular weight is 467 g/mol. The highest BCUT2D eigenvalue weighted by molar-refractivity contribution is 5.94. The van der Waals surface area contributed by atoms with Gasteiger partial charge in [0.15, 0.2) is 0 Å². The molecule has 2 aromatic carbocycles. The number of benzene rings is 2. The summed E-state index contributed by atoms with van der Waals surface area (Å²) >= 11 is 0. The zero-order valence-electron chi connectivity index (χ0n) is 19.2. The molecule has 4 heterocycles. The maximum Gasteiger partial charge on any atom is 0.323 e. The number of imidazole rings is 1. The molecule has 5 aromatic rings. The Morgan fingerprint density at radius 1 is 0.943 bits per heavy atom. The van der Waals surface area contributed by atoms with Crippen LogP contribution in [0.4, 0.5) is 17.5 Å². The van der Waals surface area contributed by atoms with Crippen molar-refractivity contribution in [2.45, 2.75) is 12.8 Å². The van der Waals surface area contributed by atoms with Crippen molar-refractivity contribution in [2.24, 2.45) is 0 Å². The van der Waals surface area contributed by atoms with Crippen LogP contribution in [0.1, 0.15) is 12.8 Å². The summed E-state index contributed by atoms with van der Waals surface area (Å²) in [6.07, 6.45) is 6.31. The van der Waals surface area contributed by atoms with Crippen LogP contribution in [0, 0.1) is 0 Å². The van der Waals surface area contributed by atoms with E-state index in [1.165, 1.54) is 25.9 Å². The van der Waals surface area contributed by atoms with Crippen LogP contribution in [0.5, 0.6) is 0 Å². The van der Waals surface area contributed by atoms with Crippen molar-refractivity contribution in [1.82, 2.24) is 29.8 Å². The molecule has 1 fully saturated rings. The van der Waals surface area contributed by atoms with E-state index >= 15 is 0 Å². The van der Waals surface area contributed by atoms with Crippen LogP contribution < -0.4 is 16.3 Å². The first-order chi connectivity index (χ1) is 17.2. The van der Waals surface area contributed by atoms with E-state index in [1.807, 2.05) is 54.9 Å². The van der Waals surface area contributed by atoms with Gasteiger partial charge in [-0.2, -0.15) is 0 Å². The number of hydrogen-bond donors (Lipinski definition) is 4. The summed E-state index contributed by atoms with van der Waals surface area (Å²) in [5.41, 5.74) is 4.87. The molecule has 0 amide bonds. The fourth-order valence-electron chi connectivity index (χ4n) is 4.59. The van der Waals surface area contributed by atoms with Gasteiger partial charge in [-0.25, -0.2) is 19.7 Å². The highest BCUT2D eigenvalue weighted by atomic mass is 16.1. The first-order valence-corrected chi connectivity index (χ1v) is 11.9. The highest BCUT2D eigenvalue weighted by Crippen LogP contribution is 2.28. The minimum Gasteiger partial charge on any atom is -0.369 e. The molecule has 4 N–H and O–H groups in total. The number of likely N-dealkylation sites (tertiary alicyclic amines) is 1. The van der Waals surface area contributed by atoms with E-state index in [0.29, 0.717) is 5.95 Å². The summed E-state index contributed by atoms with van der Waals surface area (Å²) in [5.74, 6) is 1.36. The van der Waals surface area contributed by atoms with Crippen molar-refractivity contribution in [3.63, 3.8) is 0 Å². The third-order valence-corrected chi connectivity index (χ3v) is 6.39. The average Bonchev–Trinajstić information content (AvgIpc) is 3.53. The molecule has 0 aliphatic carbocycles. The Labute approximate surface area is 201 Å². The van der Waals surface area contributed by atoms with Gasteiger partial charge in [-0.05, 0) is 56.3 Å². The van der Waals surface area contributed by atoms with Crippen LogP contribution in [0.15, 0.2) is 65.7 Å². The Morgan fingerprint density at radius 2 is 1.83 bits per heavy atom. The van der Waals surface area contributed by atoms with Crippen LogP contribution >= 0.6 is 0 Å². The van der Waals surface area contributed by atoms with Crippen molar-refractivity contribution in [3.05, 3.63) is 71.4 Å². The Morgan fingerprint density at radius 3 is 2.69 bits per heavy atom. The molecule has 0 bridgehead atoms. The first kappa shape index (κ1) is 21.3. The summed E-state index contributed by atoms with van der Waals surface area (Å²) in [6.45, 7) is 4.35. The van der Waals surface area contributed by atoms with Gasteiger partial charge in [0.1, 0.15) is 5.82 Å². The van der Waals surface area contributed by atoms with Gasteiger partial charge in [0.05, 0.1) is 16.6 Å². The van der Waals surface area contributed by atoms with Crippen LogP contribution in [0.3, 0.4) is 0 Å². The molecule has 0 spiro atoms. The fourth-order valence-corrected chi connectivity index (χ4v) is 4.59. The number of nitrogens with zero attached hydrogens (tertiary/aromatic N) is 4. The van der Waals surface area contributed by atoms with Crippen LogP contribution in [0.2, 0.25) is 0 Å². The molecular weight excluding hydrogens is 440 g/mol. The molecule has 1 aliphatic rings. The molecule has 176 valence electrons. The van der Waals surface area contributed by atoms with Crippen LogP contribution in [0.25, 0.3) is 33.1 Å². The number of H-pyrrole nitrogens is 2. The van der Waals surface area contributed by atoms with E-state index in [4.69, 9.17) is 4.98 Å². The summed E-state index contributed by atoms with van der Waals surface area (Å²) in [5, 5.41) is 7.62. The van der Waals surface area contributed by atoms with E-state index in [1.54, 1.807) is 0 Å². The number of aromatic amines is 2. The second-order valence-corrected chi connectivity index (χ2v) is 8.81. The molecular formula is C26H26N8O. The SMILES string of the molecule is O=c1[nH]c2ccc(Nc3ncc4cccc(-c5ccc(NCCN6CCCC6)nc5)c4n3)cc2[nH]1. The van der Waals surface area contributed by atoms with E-state index < -0.39 is 0 Å². The van der Waals surface area contributed by atoms with Gasteiger partial charge in [0, 0.05) is 47.7 Å². The fraction of sp³-hybridized carbons (Fsp3) is 0.231. The van der Waals surface area contributed by atoms with Crippen molar-refractivity contribution in [3.8, 4) is 11.1 Å². The van der Waals surface area contributed by atoms with Crippen molar-refractivity contribution < 1.29 is 0 Å². The zero-order valence-corrected chi connectivity index (χ0v) is 19.2. The van der Waals surface area contributed by atoms with E-state index in [-0.39, 0.29) is 5.69 Å². The molecule has 0 saturated carbocycles. The summed E-state index contributed by atoms with van der Waals surface area (Å²) in [6, 6.07) is 15.7. The van der Waals surface area contributed by atoms with Gasteiger partial charge in [-0.3, -0.25) is 0 Å². The minimum atomic E-state index is -0.231. The number of nitrogens with one attached hydrogen (secondary N) is 4. The number of hydrogen-bond acceptors (Lipinski definition) is 7. The molecule has 6 rings (SSSR count). The normalized spacial score (nSPS) is 14.1. The Kier molecular flexibility index (Phi) is 5.59. The van der Waals surface area contributed by atoms with Gasteiger partial charge in [-0.1, -0.05) is 18.2 Å². The lowest BCUT2D eigenvalue weighted by Gasteiger charge is -2.15. The standard InChI is InChI=1S/C26H26N8O/c35-26-31-21-8-7-19(14-22(21)32-26)30-25-29-16-18-4-3-5-20(24(18)33-25)17-6-9-23(28-15-17)27-10-13-34-11-1-2-12-34/h3-9,14-16H,1-2,10-13H2,(H,27,28)(H,29,30,33)(H2,31,32,35). The lowest BCUT2D eigenvalue weighted by atomic mass is 10.0. The van der Waals surface area contributed by atoms with Crippen molar-refractivity contribution >= 4 is 39.4 Å². The molecule has 35 heavy (non-hydrogen) atoms. The largest absolute Gasteiger partial charge is 0.369 e. The molecule has 1 saturated heterocycles.